The first-order valence-corrected chi connectivity index (χ1v) is 6.37. The van der Waals surface area contributed by atoms with Gasteiger partial charge in [-0.1, -0.05) is 26.2 Å². The molecule has 0 bridgehead atoms. The summed E-state index contributed by atoms with van der Waals surface area (Å²) in [4.78, 5) is 4.57. The van der Waals surface area contributed by atoms with E-state index in [9.17, 15) is 0 Å². The van der Waals surface area contributed by atoms with Crippen LogP contribution in [0.5, 0.6) is 0 Å². The molecule has 0 radical (unpaired) electrons. The van der Waals surface area contributed by atoms with Crippen LogP contribution in [0.25, 0.3) is 0 Å². The first-order valence-electron chi connectivity index (χ1n) is 6.37. The molecule has 0 saturated heterocycles. The van der Waals surface area contributed by atoms with Gasteiger partial charge in [0, 0.05) is 18.5 Å². The zero-order valence-corrected chi connectivity index (χ0v) is 10.3. The maximum absolute atomic E-state index is 8.82. The Morgan fingerprint density at radius 1 is 1.25 bits per heavy atom. The van der Waals surface area contributed by atoms with Gasteiger partial charge in [0.1, 0.15) is 0 Å². The van der Waals surface area contributed by atoms with E-state index in [-0.39, 0.29) is 12.1 Å². The van der Waals surface area contributed by atoms with Crippen molar-refractivity contribution in [3.05, 3.63) is 11.8 Å². The molecule has 16 heavy (non-hydrogen) atoms. The van der Waals surface area contributed by atoms with Gasteiger partial charge in [0.15, 0.2) is 0 Å². The van der Waals surface area contributed by atoms with Gasteiger partial charge >= 0.3 is 0 Å². The van der Waals surface area contributed by atoms with E-state index >= 15 is 0 Å². The molecule has 1 aliphatic rings. The summed E-state index contributed by atoms with van der Waals surface area (Å²) in [5, 5.41) is 8.82. The highest BCUT2D eigenvalue weighted by Gasteiger charge is 2.32. The monoisotopic (exact) mass is 224 g/mol. The Labute approximate surface area is 98.5 Å². The van der Waals surface area contributed by atoms with Crippen molar-refractivity contribution >= 4 is 6.21 Å². The Morgan fingerprint density at radius 3 is 2.44 bits per heavy atom. The smallest absolute Gasteiger partial charge is 0.0998 e. The number of hydrogen-bond acceptors (Lipinski definition) is 3. The molecular formula is C13H24N2O. The molecule has 1 rings (SSSR count). The van der Waals surface area contributed by atoms with Crippen molar-refractivity contribution in [3.63, 3.8) is 0 Å². The summed E-state index contributed by atoms with van der Waals surface area (Å²) in [5.74, 6) is 0. The van der Waals surface area contributed by atoms with Gasteiger partial charge in [0.05, 0.1) is 5.54 Å². The number of aliphatic imine (C=N–C) groups is 1. The number of hydrogen-bond donors (Lipinski definition) is 2. The molecule has 0 aromatic heterocycles. The topological polar surface area (TPSA) is 58.6 Å². The summed E-state index contributed by atoms with van der Waals surface area (Å²) < 4.78 is 0. The highest BCUT2D eigenvalue weighted by Crippen LogP contribution is 2.33. The van der Waals surface area contributed by atoms with Crippen molar-refractivity contribution in [2.45, 2.75) is 57.4 Å². The van der Waals surface area contributed by atoms with Crippen LogP contribution in [-0.2, 0) is 0 Å². The fourth-order valence-corrected chi connectivity index (χ4v) is 2.23. The molecule has 3 heteroatoms. The molecular weight excluding hydrogens is 200 g/mol. The number of nitrogens with zero attached hydrogens (tertiary/aromatic N) is 1. The van der Waals surface area contributed by atoms with E-state index in [4.69, 9.17) is 10.8 Å². The maximum Gasteiger partial charge on any atom is 0.0998 e. The summed E-state index contributed by atoms with van der Waals surface area (Å²) in [7, 11) is 0. The molecule has 92 valence electrons. The second-order valence-electron chi connectivity index (χ2n) is 4.57. The van der Waals surface area contributed by atoms with Crippen LogP contribution in [0.15, 0.2) is 16.8 Å². The summed E-state index contributed by atoms with van der Waals surface area (Å²) in [5.41, 5.74) is 6.81. The zero-order valence-electron chi connectivity index (χ0n) is 10.3. The van der Waals surface area contributed by atoms with Crippen molar-refractivity contribution in [3.8, 4) is 0 Å². The lowest BCUT2D eigenvalue weighted by atomic mass is 9.85. The minimum atomic E-state index is -0.148. The fourth-order valence-electron chi connectivity index (χ4n) is 2.23. The van der Waals surface area contributed by atoms with Crippen molar-refractivity contribution in [1.82, 2.24) is 0 Å². The molecule has 0 saturated carbocycles. The highest BCUT2D eigenvalue weighted by atomic mass is 16.2. The van der Waals surface area contributed by atoms with Gasteiger partial charge < -0.3 is 10.8 Å². The number of aliphatic hydroxyl groups excluding tert-OH is 1. The van der Waals surface area contributed by atoms with Crippen molar-refractivity contribution in [2.24, 2.45) is 10.7 Å². The fraction of sp³-hybridized carbons (Fsp3) is 0.769. The molecule has 3 nitrogen and oxygen atoms in total. The number of rotatable bonds is 8. The third-order valence-corrected chi connectivity index (χ3v) is 3.31. The van der Waals surface area contributed by atoms with Gasteiger partial charge in [-0.3, -0.25) is 4.99 Å². The maximum atomic E-state index is 8.82. The molecule has 0 amide bonds. The van der Waals surface area contributed by atoms with Crippen LogP contribution in [0.3, 0.4) is 0 Å². The lowest BCUT2D eigenvalue weighted by Crippen LogP contribution is -2.31. The largest absolute Gasteiger partial charge is 0.400 e. The van der Waals surface area contributed by atoms with Crippen LogP contribution in [0.1, 0.15) is 51.9 Å². The van der Waals surface area contributed by atoms with Gasteiger partial charge in [-0.25, -0.2) is 0 Å². The molecule has 0 aromatic carbocycles. The normalized spacial score (nSPS) is 23.8. The first-order chi connectivity index (χ1) is 7.75. The van der Waals surface area contributed by atoms with E-state index in [2.05, 4.69) is 11.9 Å². The molecule has 1 aliphatic heterocycles. The Bertz CT molecular complexity index is 249. The summed E-state index contributed by atoms with van der Waals surface area (Å²) >= 11 is 0. The van der Waals surface area contributed by atoms with E-state index in [1.165, 1.54) is 19.3 Å². The lowest BCUT2D eigenvalue weighted by molar-refractivity contribution is 0.274. The quantitative estimate of drug-likeness (QED) is 0.622. The van der Waals surface area contributed by atoms with Gasteiger partial charge in [-0.05, 0) is 31.8 Å². The summed E-state index contributed by atoms with van der Waals surface area (Å²) in [6.45, 7) is 2.47. The third kappa shape index (κ3) is 3.34. The molecule has 0 aliphatic carbocycles. The van der Waals surface area contributed by atoms with Crippen LogP contribution < -0.4 is 5.73 Å². The summed E-state index contributed by atoms with van der Waals surface area (Å²) in [6, 6.07) is 0. The van der Waals surface area contributed by atoms with Gasteiger partial charge in [-0.2, -0.15) is 0 Å². The van der Waals surface area contributed by atoms with E-state index in [0.717, 1.165) is 31.4 Å². The van der Waals surface area contributed by atoms with Crippen LogP contribution in [0.4, 0.5) is 0 Å². The van der Waals surface area contributed by atoms with Gasteiger partial charge in [-0.15, -0.1) is 0 Å². The average Bonchev–Trinajstić information content (AvgIpc) is 2.62. The molecule has 0 aromatic rings. The first kappa shape index (κ1) is 13.2. The number of unbranched alkanes of at least 4 members (excludes halogenated alkanes) is 3. The SMILES string of the molecule is CCCCCC1(CCCCO)N=CC=C1N. The van der Waals surface area contributed by atoms with E-state index in [0.29, 0.717) is 0 Å². The molecule has 3 N–H and O–H groups in total. The zero-order chi connectivity index (χ0) is 11.9. The van der Waals surface area contributed by atoms with Crippen molar-refractivity contribution in [2.75, 3.05) is 6.61 Å². The number of allylic oxidation sites excluding steroid dienone is 1. The Kier molecular flexibility index (Phi) is 5.53. The van der Waals surface area contributed by atoms with Crippen molar-refractivity contribution in [1.29, 1.82) is 0 Å². The minimum Gasteiger partial charge on any atom is -0.400 e. The van der Waals surface area contributed by atoms with E-state index in [1.807, 2.05) is 12.3 Å². The van der Waals surface area contributed by atoms with Crippen LogP contribution in [0, 0.1) is 0 Å². The molecule has 1 heterocycles. The standard InChI is InChI=1S/C13H24N2O/c1-2-3-4-8-13(9-5-6-11-16)12(14)7-10-15-13/h7,10,16H,2-6,8-9,11,14H2,1H3. The predicted octanol–water partition coefficient (Wildman–Crippen LogP) is 2.40. The van der Waals surface area contributed by atoms with Gasteiger partial charge in [0.25, 0.3) is 0 Å². The molecule has 0 spiro atoms. The number of aliphatic hydroxyl groups is 1. The van der Waals surface area contributed by atoms with E-state index in [1.54, 1.807) is 0 Å². The molecule has 1 unspecified atom stereocenters. The third-order valence-electron chi connectivity index (χ3n) is 3.31. The average molecular weight is 224 g/mol. The van der Waals surface area contributed by atoms with Crippen LogP contribution in [-0.4, -0.2) is 23.5 Å². The minimum absolute atomic E-state index is 0.148. The molecule has 0 fully saturated rings. The van der Waals surface area contributed by atoms with E-state index < -0.39 is 0 Å². The Morgan fingerprint density at radius 2 is 1.94 bits per heavy atom. The predicted molar refractivity (Wildman–Crippen MR) is 68.6 cm³/mol. The highest BCUT2D eigenvalue weighted by molar-refractivity contribution is 5.77. The summed E-state index contributed by atoms with van der Waals surface area (Å²) in [6.07, 6.45) is 11.3. The second-order valence-corrected chi connectivity index (χ2v) is 4.57. The van der Waals surface area contributed by atoms with Crippen LogP contribution >= 0.6 is 0 Å². The lowest BCUT2D eigenvalue weighted by Gasteiger charge is -2.28. The molecule has 1 atom stereocenters. The van der Waals surface area contributed by atoms with Gasteiger partial charge in [0.2, 0.25) is 0 Å². The second kappa shape index (κ2) is 6.69. The Hall–Kier alpha value is -0.830. The Balaban J connectivity index is 2.49. The number of nitrogens with two attached hydrogens (primary N) is 1. The van der Waals surface area contributed by atoms with Crippen LogP contribution in [0.2, 0.25) is 0 Å². The van der Waals surface area contributed by atoms with Crippen molar-refractivity contribution < 1.29 is 5.11 Å².